The molecule has 3 aromatic rings. The lowest BCUT2D eigenvalue weighted by Gasteiger charge is -2.10. The molecule has 0 aliphatic carbocycles. The van der Waals surface area contributed by atoms with E-state index in [0.717, 1.165) is 12.1 Å². The van der Waals surface area contributed by atoms with E-state index in [-0.39, 0.29) is 5.69 Å². The van der Waals surface area contributed by atoms with E-state index >= 15 is 0 Å². The van der Waals surface area contributed by atoms with Crippen LogP contribution in [0.25, 0.3) is 11.1 Å². The maximum Gasteiger partial charge on any atom is 0.295 e. The van der Waals surface area contributed by atoms with Crippen LogP contribution >= 0.6 is 0 Å². The van der Waals surface area contributed by atoms with Crippen LogP contribution in [0.3, 0.4) is 0 Å². The Balaban J connectivity index is 1.68. The number of fused-ring (bicyclic) bond motifs is 1. The molecule has 27 heavy (non-hydrogen) atoms. The van der Waals surface area contributed by atoms with Crippen molar-refractivity contribution < 1.29 is 13.9 Å². The lowest BCUT2D eigenvalue weighted by Crippen LogP contribution is -2.12. The highest BCUT2D eigenvalue weighted by molar-refractivity contribution is 5.91. The fraction of sp³-hybridized carbons (Fsp3) is 0.350. The zero-order chi connectivity index (χ0) is 19.2. The molecule has 0 spiro atoms. The Bertz CT molecular complexity index is 922. The summed E-state index contributed by atoms with van der Waals surface area (Å²) in [5.41, 5.74) is 6.77. The lowest BCUT2D eigenvalue weighted by molar-refractivity contribution is 0.0995. The number of rotatable bonds is 9. The molecule has 0 aliphatic heterocycles. The Morgan fingerprint density at radius 1 is 1.30 bits per heavy atom. The third-order valence-electron chi connectivity index (χ3n) is 4.23. The van der Waals surface area contributed by atoms with Gasteiger partial charge in [0, 0.05) is 24.9 Å². The summed E-state index contributed by atoms with van der Waals surface area (Å²) in [5.74, 6) is 1.00. The number of nitrogens with two attached hydrogens (primary N) is 1. The van der Waals surface area contributed by atoms with Crippen LogP contribution in [0.5, 0.6) is 11.5 Å². The number of ether oxygens (including phenoxy) is 1. The number of amides is 1. The summed E-state index contributed by atoms with van der Waals surface area (Å²) in [6.07, 6.45) is 5.09. The molecule has 1 unspecified atom stereocenters. The fourth-order valence-corrected chi connectivity index (χ4v) is 2.71. The number of oxazole rings is 1. The van der Waals surface area contributed by atoms with E-state index in [9.17, 15) is 4.79 Å². The van der Waals surface area contributed by atoms with E-state index in [0.29, 0.717) is 29.0 Å². The van der Waals surface area contributed by atoms with Crippen molar-refractivity contribution in [2.24, 2.45) is 11.7 Å². The number of unbranched alkanes of at least 4 members (excludes halogenated alkanes) is 1. The van der Waals surface area contributed by atoms with Crippen molar-refractivity contribution in [3.63, 3.8) is 0 Å². The number of hydrogen-bond donors (Lipinski definition) is 2. The summed E-state index contributed by atoms with van der Waals surface area (Å²) < 4.78 is 11.5. The Morgan fingerprint density at radius 3 is 2.89 bits per heavy atom. The quantitative estimate of drug-likeness (QED) is 0.582. The van der Waals surface area contributed by atoms with Gasteiger partial charge in [-0.25, -0.2) is 0 Å². The van der Waals surface area contributed by atoms with E-state index < -0.39 is 5.91 Å². The standard InChI is InChI=1S/C20H24N4O3/c1-3-4-5-13(2)12-23-20-24-16-7-6-14(11-18(16)27-20)26-15-8-9-22-17(10-15)19(21)25/h6-11,13H,3-5,12H2,1-2H3,(H2,21,25)(H,23,24). The van der Waals surface area contributed by atoms with Crippen LogP contribution in [0, 0.1) is 5.92 Å². The van der Waals surface area contributed by atoms with Gasteiger partial charge in [0.25, 0.3) is 11.9 Å². The molecule has 1 atom stereocenters. The SMILES string of the molecule is CCCCC(C)CNc1nc2ccc(Oc3ccnc(C(N)=O)c3)cc2o1. The van der Waals surface area contributed by atoms with Gasteiger partial charge in [-0.1, -0.05) is 26.7 Å². The number of carbonyl (C=O) groups excluding carboxylic acids is 1. The van der Waals surface area contributed by atoms with Gasteiger partial charge in [-0.15, -0.1) is 0 Å². The first kappa shape index (κ1) is 18.7. The molecule has 0 bridgehead atoms. The van der Waals surface area contributed by atoms with E-state index in [1.54, 1.807) is 18.2 Å². The first-order valence-electron chi connectivity index (χ1n) is 9.13. The molecule has 2 heterocycles. The van der Waals surface area contributed by atoms with Crippen LogP contribution in [-0.2, 0) is 0 Å². The zero-order valence-corrected chi connectivity index (χ0v) is 15.6. The van der Waals surface area contributed by atoms with E-state index in [1.807, 2.05) is 6.07 Å². The molecular weight excluding hydrogens is 344 g/mol. The Hall–Kier alpha value is -3.09. The topological polar surface area (TPSA) is 103 Å². The zero-order valence-electron chi connectivity index (χ0n) is 15.6. The maximum atomic E-state index is 11.2. The van der Waals surface area contributed by atoms with Crippen LogP contribution in [0.4, 0.5) is 6.01 Å². The number of primary amides is 1. The van der Waals surface area contributed by atoms with Crippen molar-refractivity contribution in [3.05, 3.63) is 42.2 Å². The molecule has 0 radical (unpaired) electrons. The minimum atomic E-state index is -0.602. The number of benzene rings is 1. The van der Waals surface area contributed by atoms with Gasteiger partial charge >= 0.3 is 0 Å². The first-order chi connectivity index (χ1) is 13.0. The van der Waals surface area contributed by atoms with Gasteiger partial charge in [-0.2, -0.15) is 4.98 Å². The highest BCUT2D eigenvalue weighted by atomic mass is 16.5. The Morgan fingerprint density at radius 2 is 2.11 bits per heavy atom. The van der Waals surface area contributed by atoms with Gasteiger partial charge < -0.3 is 20.2 Å². The first-order valence-corrected chi connectivity index (χ1v) is 9.13. The normalized spacial score (nSPS) is 12.1. The summed E-state index contributed by atoms with van der Waals surface area (Å²) in [7, 11) is 0. The summed E-state index contributed by atoms with van der Waals surface area (Å²) >= 11 is 0. The molecule has 3 N–H and O–H groups in total. The average Bonchev–Trinajstić information content (AvgIpc) is 3.07. The third-order valence-corrected chi connectivity index (χ3v) is 4.23. The van der Waals surface area contributed by atoms with Crippen molar-refractivity contribution in [2.45, 2.75) is 33.1 Å². The number of carbonyl (C=O) groups is 1. The van der Waals surface area contributed by atoms with Crippen molar-refractivity contribution in [1.29, 1.82) is 0 Å². The van der Waals surface area contributed by atoms with E-state index in [4.69, 9.17) is 14.9 Å². The molecule has 3 rings (SSSR count). The van der Waals surface area contributed by atoms with Gasteiger partial charge in [0.1, 0.15) is 22.7 Å². The van der Waals surface area contributed by atoms with Crippen molar-refractivity contribution in [3.8, 4) is 11.5 Å². The molecule has 142 valence electrons. The van der Waals surface area contributed by atoms with Gasteiger partial charge in [-0.05, 0) is 30.5 Å². The van der Waals surface area contributed by atoms with Crippen molar-refractivity contribution >= 4 is 23.0 Å². The van der Waals surface area contributed by atoms with Crippen molar-refractivity contribution in [2.75, 3.05) is 11.9 Å². The number of nitrogens with zero attached hydrogens (tertiary/aromatic N) is 2. The molecular formula is C20H24N4O3. The number of hydrogen-bond acceptors (Lipinski definition) is 6. The largest absolute Gasteiger partial charge is 0.457 e. The number of nitrogens with one attached hydrogen (secondary N) is 1. The van der Waals surface area contributed by atoms with Crippen LogP contribution in [0.1, 0.15) is 43.6 Å². The van der Waals surface area contributed by atoms with Crippen LogP contribution < -0.4 is 15.8 Å². The van der Waals surface area contributed by atoms with Crippen LogP contribution in [0.2, 0.25) is 0 Å². The Kier molecular flexibility index (Phi) is 5.90. The van der Waals surface area contributed by atoms with Crippen LogP contribution in [0.15, 0.2) is 40.9 Å². The molecule has 1 aromatic carbocycles. The number of pyridine rings is 1. The molecule has 7 heteroatoms. The molecule has 0 saturated heterocycles. The van der Waals surface area contributed by atoms with Crippen molar-refractivity contribution in [1.82, 2.24) is 9.97 Å². The molecule has 0 fully saturated rings. The molecule has 0 saturated carbocycles. The van der Waals surface area contributed by atoms with Gasteiger partial charge in [0.05, 0.1) is 0 Å². The highest BCUT2D eigenvalue weighted by Gasteiger charge is 2.10. The summed E-state index contributed by atoms with van der Waals surface area (Å²) in [6.45, 7) is 5.23. The van der Waals surface area contributed by atoms with E-state index in [1.165, 1.54) is 31.5 Å². The minimum Gasteiger partial charge on any atom is -0.457 e. The average molecular weight is 368 g/mol. The van der Waals surface area contributed by atoms with Gasteiger partial charge in [0.15, 0.2) is 5.58 Å². The molecule has 7 nitrogen and oxygen atoms in total. The van der Waals surface area contributed by atoms with E-state index in [2.05, 4.69) is 29.1 Å². The Labute approximate surface area is 157 Å². The second kappa shape index (κ2) is 8.53. The summed E-state index contributed by atoms with van der Waals surface area (Å²) in [6, 6.07) is 9.04. The second-order valence-electron chi connectivity index (χ2n) is 6.62. The molecule has 0 aliphatic rings. The monoisotopic (exact) mass is 368 g/mol. The maximum absolute atomic E-state index is 11.2. The fourth-order valence-electron chi connectivity index (χ4n) is 2.71. The predicted molar refractivity (Wildman–Crippen MR) is 104 cm³/mol. The summed E-state index contributed by atoms with van der Waals surface area (Å²) in [4.78, 5) is 19.6. The summed E-state index contributed by atoms with van der Waals surface area (Å²) in [5, 5.41) is 3.25. The van der Waals surface area contributed by atoms with Gasteiger partial charge in [0.2, 0.25) is 0 Å². The van der Waals surface area contributed by atoms with Gasteiger partial charge in [-0.3, -0.25) is 9.78 Å². The predicted octanol–water partition coefficient (Wildman–Crippen LogP) is 4.35. The lowest BCUT2D eigenvalue weighted by atomic mass is 10.1. The second-order valence-corrected chi connectivity index (χ2v) is 6.62. The number of anilines is 1. The third kappa shape index (κ3) is 4.97. The number of aromatic nitrogens is 2. The van der Waals surface area contributed by atoms with Crippen LogP contribution in [-0.4, -0.2) is 22.4 Å². The minimum absolute atomic E-state index is 0.150. The molecule has 2 aromatic heterocycles. The highest BCUT2D eigenvalue weighted by Crippen LogP contribution is 2.27. The molecule has 1 amide bonds. The smallest absolute Gasteiger partial charge is 0.295 e.